The highest BCUT2D eigenvalue weighted by Gasteiger charge is 2.09. The highest BCUT2D eigenvalue weighted by molar-refractivity contribution is 5.62. The van der Waals surface area contributed by atoms with Crippen molar-refractivity contribution in [1.82, 2.24) is 0 Å². The lowest BCUT2D eigenvalue weighted by molar-refractivity contribution is -0.726. The second-order valence-electron chi connectivity index (χ2n) is 11.1. The first kappa shape index (κ1) is 26.7. The zero-order chi connectivity index (χ0) is 26.0. The molecule has 3 nitrogen and oxygen atoms in total. The van der Waals surface area contributed by atoms with Gasteiger partial charge < -0.3 is 0 Å². The molecule has 0 spiro atoms. The van der Waals surface area contributed by atoms with E-state index in [0.29, 0.717) is 0 Å². The molecule has 0 aliphatic carbocycles. The van der Waals surface area contributed by atoms with Gasteiger partial charge in [0.15, 0.2) is 50.3 Å². The summed E-state index contributed by atoms with van der Waals surface area (Å²) >= 11 is 0. The normalized spacial score (nSPS) is 11.4. The van der Waals surface area contributed by atoms with Crippen molar-refractivity contribution < 1.29 is 13.7 Å². The fraction of sp³-hybridized carbons (Fsp3) is 0.382. The molecule has 3 heterocycles. The lowest BCUT2D eigenvalue weighted by Gasteiger charge is -2.06. The van der Waals surface area contributed by atoms with E-state index < -0.39 is 0 Å². The molecule has 192 valence electrons. The van der Waals surface area contributed by atoms with E-state index in [9.17, 15) is 0 Å². The lowest BCUT2D eigenvalue weighted by atomic mass is 10.00. The number of hydrogen-bond donors (Lipinski definition) is 0. The Bertz CT molecular complexity index is 1110. The quantitative estimate of drug-likeness (QED) is 0.196. The maximum Gasteiger partial charge on any atom is 0.169 e. The Balaban J connectivity index is 1.25. The Hall–Kier alpha value is -3.33. The van der Waals surface area contributed by atoms with E-state index in [2.05, 4.69) is 139 Å². The Morgan fingerprint density at radius 2 is 0.838 bits per heavy atom. The summed E-state index contributed by atoms with van der Waals surface area (Å²) < 4.78 is 6.85. The van der Waals surface area contributed by atoms with E-state index in [4.69, 9.17) is 0 Å². The number of nitrogens with zero attached hydrogens (tertiary/aromatic N) is 3. The maximum atomic E-state index is 2.29. The molecule has 0 saturated heterocycles. The van der Waals surface area contributed by atoms with Crippen LogP contribution < -0.4 is 13.7 Å². The van der Waals surface area contributed by atoms with Crippen LogP contribution >= 0.6 is 0 Å². The van der Waals surface area contributed by atoms with E-state index in [1.54, 1.807) is 0 Å². The minimum Gasteiger partial charge on any atom is -0.205 e. The number of benzene rings is 1. The van der Waals surface area contributed by atoms with Crippen LogP contribution in [0.3, 0.4) is 0 Å². The Morgan fingerprint density at radius 3 is 1.24 bits per heavy atom. The fourth-order valence-corrected chi connectivity index (χ4v) is 4.56. The Kier molecular flexibility index (Phi) is 9.59. The highest BCUT2D eigenvalue weighted by Crippen LogP contribution is 2.20. The van der Waals surface area contributed by atoms with Crippen LogP contribution in [0.4, 0.5) is 0 Å². The third-order valence-electron chi connectivity index (χ3n) is 7.10. The van der Waals surface area contributed by atoms with Gasteiger partial charge in [-0.3, -0.25) is 0 Å². The van der Waals surface area contributed by atoms with Crippen molar-refractivity contribution in [3.8, 4) is 22.3 Å². The van der Waals surface area contributed by atoms with E-state index >= 15 is 0 Å². The molecule has 0 amide bonds. The second kappa shape index (κ2) is 13.3. The van der Waals surface area contributed by atoms with Gasteiger partial charge in [0.05, 0.1) is 6.42 Å². The topological polar surface area (TPSA) is 11.6 Å². The van der Waals surface area contributed by atoms with E-state index in [1.165, 1.54) is 40.7 Å². The van der Waals surface area contributed by atoms with Gasteiger partial charge >= 0.3 is 0 Å². The molecule has 4 aromatic rings. The molecule has 0 saturated carbocycles. The van der Waals surface area contributed by atoms with Gasteiger partial charge in [0, 0.05) is 42.8 Å². The molecule has 37 heavy (non-hydrogen) atoms. The zero-order valence-electron chi connectivity index (χ0n) is 23.2. The standard InChI is InChI=1S/C34H44N3/c1-28(2)6-7-30-8-10-31(11-9-30)32-13-22-35(23-14-32)19-5-20-36-24-15-33(16-25-36)34-17-26-37(27-18-34)21-12-29(3)4/h8-11,13-18,22-29H,5-7,12,19-21H2,1-4H3/q+3. The lowest BCUT2D eigenvalue weighted by Crippen LogP contribution is -2.38. The smallest absolute Gasteiger partial charge is 0.169 e. The molecule has 0 bridgehead atoms. The van der Waals surface area contributed by atoms with E-state index in [1.807, 2.05) is 0 Å². The second-order valence-corrected chi connectivity index (χ2v) is 11.1. The predicted octanol–water partition coefficient (Wildman–Crippen LogP) is 6.61. The van der Waals surface area contributed by atoms with Crippen molar-refractivity contribution in [3.05, 3.63) is 103 Å². The van der Waals surface area contributed by atoms with Crippen LogP contribution in [0.25, 0.3) is 22.3 Å². The molecular weight excluding hydrogens is 450 g/mol. The molecule has 0 aliphatic heterocycles. The Morgan fingerprint density at radius 1 is 0.459 bits per heavy atom. The molecule has 0 radical (unpaired) electrons. The molecular formula is C34H44N3+3. The van der Waals surface area contributed by atoms with Crippen molar-refractivity contribution >= 4 is 0 Å². The fourth-order valence-electron chi connectivity index (χ4n) is 4.56. The molecule has 0 unspecified atom stereocenters. The van der Waals surface area contributed by atoms with Gasteiger partial charge in [0.25, 0.3) is 0 Å². The average Bonchev–Trinajstić information content (AvgIpc) is 2.92. The number of hydrogen-bond acceptors (Lipinski definition) is 0. The minimum absolute atomic E-state index is 0.733. The SMILES string of the molecule is CC(C)CCc1ccc(-c2cc[n+](CCC[n+]3ccc(-c4cc[n+](CCC(C)C)cc4)cc3)cc2)cc1. The van der Waals surface area contributed by atoms with Gasteiger partial charge in [0.1, 0.15) is 6.54 Å². The molecule has 4 rings (SSSR count). The molecule has 1 aromatic carbocycles. The number of aryl methyl sites for hydroxylation is 4. The number of aromatic nitrogens is 3. The van der Waals surface area contributed by atoms with Crippen molar-refractivity contribution in [2.24, 2.45) is 11.8 Å². The highest BCUT2D eigenvalue weighted by atomic mass is 15.0. The predicted molar refractivity (Wildman–Crippen MR) is 152 cm³/mol. The number of rotatable bonds is 12. The summed E-state index contributed by atoms with van der Waals surface area (Å²) in [6.07, 6.45) is 17.9. The van der Waals surface area contributed by atoms with Crippen LogP contribution in [-0.2, 0) is 26.1 Å². The van der Waals surface area contributed by atoms with Crippen LogP contribution in [0, 0.1) is 11.8 Å². The molecule has 3 heteroatoms. The third kappa shape index (κ3) is 8.35. The van der Waals surface area contributed by atoms with Crippen LogP contribution in [0.15, 0.2) is 97.8 Å². The summed E-state index contributed by atoms with van der Waals surface area (Å²) in [5, 5.41) is 0. The maximum absolute atomic E-state index is 2.29. The first-order chi connectivity index (χ1) is 18.0. The summed E-state index contributed by atoms with van der Waals surface area (Å²) in [6.45, 7) is 12.2. The van der Waals surface area contributed by atoms with Crippen molar-refractivity contribution in [1.29, 1.82) is 0 Å². The van der Waals surface area contributed by atoms with Crippen LogP contribution in [0.5, 0.6) is 0 Å². The first-order valence-electron chi connectivity index (χ1n) is 14.0. The summed E-state index contributed by atoms with van der Waals surface area (Å²) in [5.41, 5.74) is 6.55. The zero-order valence-corrected chi connectivity index (χ0v) is 23.2. The van der Waals surface area contributed by atoms with Crippen molar-refractivity contribution in [2.75, 3.05) is 0 Å². The monoisotopic (exact) mass is 494 g/mol. The van der Waals surface area contributed by atoms with E-state index in [-0.39, 0.29) is 0 Å². The van der Waals surface area contributed by atoms with Gasteiger partial charge in [-0.25, -0.2) is 13.7 Å². The van der Waals surface area contributed by atoms with Crippen LogP contribution in [0.2, 0.25) is 0 Å². The molecule has 3 aromatic heterocycles. The number of pyridine rings is 3. The largest absolute Gasteiger partial charge is 0.205 e. The van der Waals surface area contributed by atoms with Gasteiger partial charge in [0.2, 0.25) is 0 Å². The van der Waals surface area contributed by atoms with Gasteiger partial charge in [-0.15, -0.1) is 0 Å². The third-order valence-corrected chi connectivity index (χ3v) is 7.10. The molecule has 0 aliphatic rings. The van der Waals surface area contributed by atoms with Gasteiger partial charge in [-0.1, -0.05) is 52.0 Å². The van der Waals surface area contributed by atoms with E-state index in [0.717, 1.165) is 44.3 Å². The molecule has 0 fully saturated rings. The Labute approximate surface area is 224 Å². The minimum atomic E-state index is 0.733. The summed E-state index contributed by atoms with van der Waals surface area (Å²) in [7, 11) is 0. The van der Waals surface area contributed by atoms with Crippen LogP contribution in [-0.4, -0.2) is 0 Å². The van der Waals surface area contributed by atoms with Gasteiger partial charge in [-0.2, -0.15) is 0 Å². The van der Waals surface area contributed by atoms with Crippen molar-refractivity contribution in [3.63, 3.8) is 0 Å². The van der Waals surface area contributed by atoms with Crippen LogP contribution in [0.1, 0.15) is 52.5 Å². The summed E-state index contributed by atoms with van der Waals surface area (Å²) in [6, 6.07) is 22.4. The summed E-state index contributed by atoms with van der Waals surface area (Å²) in [4.78, 5) is 0. The first-order valence-corrected chi connectivity index (χ1v) is 14.0. The molecule has 0 N–H and O–H groups in total. The average molecular weight is 495 g/mol. The van der Waals surface area contributed by atoms with Gasteiger partial charge in [-0.05, 0) is 52.5 Å². The summed E-state index contributed by atoms with van der Waals surface area (Å²) in [5.74, 6) is 1.49. The van der Waals surface area contributed by atoms with Crippen molar-refractivity contribution in [2.45, 2.75) is 73.0 Å². The molecule has 0 atom stereocenters.